The maximum absolute atomic E-state index is 11.6. The summed E-state index contributed by atoms with van der Waals surface area (Å²) in [7, 11) is 0. The Bertz CT molecular complexity index is 609. The van der Waals surface area contributed by atoms with Crippen LogP contribution in [0.3, 0.4) is 0 Å². The van der Waals surface area contributed by atoms with Crippen LogP contribution in [0.15, 0.2) is 18.2 Å². The number of amides is 1. The molecule has 0 unspecified atom stereocenters. The lowest BCUT2D eigenvalue weighted by atomic mass is 10.0. The van der Waals surface area contributed by atoms with E-state index >= 15 is 0 Å². The molecular formula is C20H31N3OS. The number of hydrogen-bond acceptors (Lipinski definition) is 2. The molecule has 1 N–H and O–H groups in total. The molecule has 1 amide bonds. The van der Waals surface area contributed by atoms with Crippen LogP contribution < -0.4 is 5.32 Å². The molecule has 0 radical (unpaired) electrons. The molecule has 1 aromatic carbocycles. The average molecular weight is 362 g/mol. The Labute approximate surface area is 157 Å². The quantitative estimate of drug-likeness (QED) is 0.801. The van der Waals surface area contributed by atoms with Gasteiger partial charge in [0.2, 0.25) is 5.91 Å². The summed E-state index contributed by atoms with van der Waals surface area (Å²) in [6, 6.07) is 6.68. The van der Waals surface area contributed by atoms with E-state index in [1.54, 1.807) is 6.92 Å². The molecule has 1 fully saturated rings. The summed E-state index contributed by atoms with van der Waals surface area (Å²) in [4.78, 5) is 15.9. The van der Waals surface area contributed by atoms with E-state index in [1.165, 1.54) is 11.1 Å². The van der Waals surface area contributed by atoms with E-state index in [1.807, 2.05) is 4.90 Å². The predicted molar refractivity (Wildman–Crippen MR) is 109 cm³/mol. The minimum absolute atomic E-state index is 0.176. The highest BCUT2D eigenvalue weighted by atomic mass is 32.1. The van der Waals surface area contributed by atoms with Gasteiger partial charge in [-0.25, -0.2) is 0 Å². The fourth-order valence-corrected chi connectivity index (χ4v) is 3.69. The number of thiocarbonyl (C=S) groups is 1. The Kier molecular flexibility index (Phi) is 7.24. The molecular weight excluding hydrogens is 330 g/mol. The molecule has 5 heteroatoms. The zero-order valence-corrected chi connectivity index (χ0v) is 16.8. The van der Waals surface area contributed by atoms with Crippen molar-refractivity contribution in [3.05, 3.63) is 29.3 Å². The molecule has 1 aliphatic heterocycles. The summed E-state index contributed by atoms with van der Waals surface area (Å²) >= 11 is 5.77. The van der Waals surface area contributed by atoms with Crippen LogP contribution in [-0.4, -0.2) is 46.5 Å². The average Bonchev–Trinajstić information content (AvgIpc) is 2.59. The van der Waals surface area contributed by atoms with Gasteiger partial charge in [0, 0.05) is 38.3 Å². The summed E-state index contributed by atoms with van der Waals surface area (Å²) in [5, 5.41) is 4.28. The number of nitrogens with zero attached hydrogens (tertiary/aromatic N) is 2. The third-order valence-electron chi connectivity index (χ3n) is 5.21. The molecule has 4 nitrogen and oxygen atoms in total. The lowest BCUT2D eigenvalue weighted by Gasteiger charge is -2.39. The molecule has 25 heavy (non-hydrogen) atoms. The van der Waals surface area contributed by atoms with Crippen molar-refractivity contribution >= 4 is 28.9 Å². The first-order valence-electron chi connectivity index (χ1n) is 9.33. The topological polar surface area (TPSA) is 35.6 Å². The first-order valence-corrected chi connectivity index (χ1v) is 9.74. The van der Waals surface area contributed by atoms with E-state index in [0.717, 1.165) is 56.1 Å². The van der Waals surface area contributed by atoms with Gasteiger partial charge >= 0.3 is 0 Å². The van der Waals surface area contributed by atoms with Crippen molar-refractivity contribution in [2.75, 3.05) is 25.0 Å². The van der Waals surface area contributed by atoms with E-state index in [-0.39, 0.29) is 5.91 Å². The molecule has 1 aromatic rings. The van der Waals surface area contributed by atoms with Gasteiger partial charge in [0.05, 0.1) is 0 Å². The molecule has 1 heterocycles. The van der Waals surface area contributed by atoms with Crippen LogP contribution in [0.5, 0.6) is 0 Å². The molecule has 0 aromatic heterocycles. The Morgan fingerprint density at radius 1 is 1.32 bits per heavy atom. The summed E-state index contributed by atoms with van der Waals surface area (Å²) in [5.74, 6) is 0.176. The smallest absolute Gasteiger partial charge is 0.219 e. The number of aryl methyl sites for hydroxylation is 1. The lowest BCUT2D eigenvalue weighted by molar-refractivity contribution is -0.130. The number of carbonyl (C=O) groups excluding carboxylic acids is 1. The van der Waals surface area contributed by atoms with Crippen LogP contribution in [0.25, 0.3) is 0 Å². The van der Waals surface area contributed by atoms with Crippen LogP contribution in [-0.2, 0) is 4.79 Å². The Morgan fingerprint density at radius 3 is 2.60 bits per heavy atom. The summed E-state index contributed by atoms with van der Waals surface area (Å²) in [6.45, 7) is 10.7. The first kappa shape index (κ1) is 19.7. The maximum atomic E-state index is 11.6. The van der Waals surface area contributed by atoms with E-state index < -0.39 is 0 Å². The number of piperidine rings is 1. The molecule has 0 bridgehead atoms. The van der Waals surface area contributed by atoms with E-state index in [9.17, 15) is 4.79 Å². The number of benzene rings is 1. The Morgan fingerprint density at radius 2 is 2.00 bits per heavy atom. The highest BCUT2D eigenvalue weighted by Gasteiger charge is 2.27. The minimum Gasteiger partial charge on any atom is -0.346 e. The fourth-order valence-electron chi connectivity index (χ4n) is 3.34. The van der Waals surface area contributed by atoms with Gasteiger partial charge in [0.25, 0.3) is 0 Å². The monoisotopic (exact) mass is 361 g/mol. The molecule has 2 rings (SSSR count). The summed E-state index contributed by atoms with van der Waals surface area (Å²) < 4.78 is 0. The molecule has 0 atom stereocenters. The number of rotatable bonds is 5. The number of unbranched alkanes of at least 4 members (excludes halogenated alkanes) is 1. The van der Waals surface area contributed by atoms with Crippen molar-refractivity contribution in [2.45, 2.75) is 59.4 Å². The van der Waals surface area contributed by atoms with Crippen LogP contribution in [0.4, 0.5) is 5.69 Å². The summed E-state index contributed by atoms with van der Waals surface area (Å²) in [5.41, 5.74) is 3.60. The standard InChI is InChI=1S/C20H31N3OS/c1-5-6-12-23(18-10-13-22(14-11-18)17(4)24)20(25)21-19-9-7-8-15(2)16(19)3/h7-9,18H,5-6,10-14H2,1-4H3,(H,21,25). The lowest BCUT2D eigenvalue weighted by Crippen LogP contribution is -2.49. The number of carbonyl (C=O) groups is 1. The van der Waals surface area contributed by atoms with Crippen molar-refractivity contribution in [3.8, 4) is 0 Å². The highest BCUT2D eigenvalue weighted by Crippen LogP contribution is 2.22. The van der Waals surface area contributed by atoms with Crippen molar-refractivity contribution in [2.24, 2.45) is 0 Å². The second kappa shape index (κ2) is 9.18. The van der Waals surface area contributed by atoms with Gasteiger partial charge in [-0.1, -0.05) is 25.5 Å². The number of hydrogen-bond donors (Lipinski definition) is 1. The molecule has 0 spiro atoms. The van der Waals surface area contributed by atoms with E-state index in [2.05, 4.69) is 49.2 Å². The fraction of sp³-hybridized carbons (Fsp3) is 0.600. The Balaban J connectivity index is 2.07. The zero-order valence-electron chi connectivity index (χ0n) is 16.0. The Hall–Kier alpha value is -1.62. The predicted octanol–water partition coefficient (Wildman–Crippen LogP) is 4.11. The van der Waals surface area contributed by atoms with Crippen molar-refractivity contribution < 1.29 is 4.79 Å². The summed E-state index contributed by atoms with van der Waals surface area (Å²) in [6.07, 6.45) is 4.24. The largest absolute Gasteiger partial charge is 0.346 e. The van der Waals surface area contributed by atoms with Gasteiger partial charge in [-0.2, -0.15) is 0 Å². The third-order valence-corrected chi connectivity index (χ3v) is 5.55. The number of anilines is 1. The molecule has 0 aliphatic carbocycles. The normalized spacial score (nSPS) is 15.1. The van der Waals surface area contributed by atoms with Gasteiger partial charge in [0.1, 0.15) is 0 Å². The van der Waals surface area contributed by atoms with Crippen LogP contribution in [0, 0.1) is 13.8 Å². The van der Waals surface area contributed by atoms with Crippen LogP contribution >= 0.6 is 12.2 Å². The molecule has 0 saturated carbocycles. The first-order chi connectivity index (χ1) is 11.9. The number of likely N-dealkylation sites (tertiary alicyclic amines) is 1. The van der Waals surface area contributed by atoms with Gasteiger partial charge in [0.15, 0.2) is 5.11 Å². The van der Waals surface area contributed by atoms with Gasteiger partial charge in [-0.3, -0.25) is 4.79 Å². The molecule has 1 saturated heterocycles. The van der Waals surface area contributed by atoms with E-state index in [0.29, 0.717) is 6.04 Å². The molecule has 138 valence electrons. The van der Waals surface area contributed by atoms with Crippen molar-refractivity contribution in [3.63, 3.8) is 0 Å². The highest BCUT2D eigenvalue weighted by molar-refractivity contribution is 7.80. The van der Waals surface area contributed by atoms with Crippen LogP contribution in [0.1, 0.15) is 50.7 Å². The van der Waals surface area contributed by atoms with Crippen molar-refractivity contribution in [1.29, 1.82) is 0 Å². The second-order valence-electron chi connectivity index (χ2n) is 6.96. The number of nitrogens with one attached hydrogen (secondary N) is 1. The zero-order chi connectivity index (χ0) is 18.4. The van der Waals surface area contributed by atoms with Gasteiger partial charge in [-0.15, -0.1) is 0 Å². The SMILES string of the molecule is CCCCN(C(=S)Nc1cccc(C)c1C)C1CCN(C(C)=O)CC1. The maximum Gasteiger partial charge on any atom is 0.219 e. The molecule has 1 aliphatic rings. The van der Waals surface area contributed by atoms with Crippen molar-refractivity contribution in [1.82, 2.24) is 9.80 Å². The van der Waals surface area contributed by atoms with Gasteiger partial charge in [-0.05, 0) is 62.5 Å². The van der Waals surface area contributed by atoms with Crippen LogP contribution in [0.2, 0.25) is 0 Å². The van der Waals surface area contributed by atoms with E-state index in [4.69, 9.17) is 12.2 Å². The van der Waals surface area contributed by atoms with Gasteiger partial charge < -0.3 is 15.1 Å². The minimum atomic E-state index is 0.176. The third kappa shape index (κ3) is 5.18. The second-order valence-corrected chi connectivity index (χ2v) is 7.35.